The number of pyridine rings is 1. The lowest BCUT2D eigenvalue weighted by atomic mass is 10.0. The minimum Gasteiger partial charge on any atom is -0.497 e. The van der Waals surface area contributed by atoms with Crippen molar-refractivity contribution in [1.29, 1.82) is 0 Å². The Labute approximate surface area is 200 Å². The van der Waals surface area contributed by atoms with Gasteiger partial charge in [0.2, 0.25) is 5.43 Å². The Hall–Kier alpha value is -3.74. The van der Waals surface area contributed by atoms with E-state index in [4.69, 9.17) is 14.2 Å². The van der Waals surface area contributed by atoms with Gasteiger partial charge in [-0.15, -0.1) is 0 Å². The molecule has 7 heteroatoms. The zero-order chi connectivity index (χ0) is 24.8. The monoisotopic (exact) mass is 464 g/mol. The van der Waals surface area contributed by atoms with Crippen molar-refractivity contribution in [2.45, 2.75) is 47.3 Å². The summed E-state index contributed by atoms with van der Waals surface area (Å²) in [6.45, 7) is 10.3. The van der Waals surface area contributed by atoms with E-state index in [9.17, 15) is 9.59 Å². The van der Waals surface area contributed by atoms with Crippen LogP contribution >= 0.6 is 0 Å². The molecule has 0 aliphatic rings. The molecule has 1 unspecified atom stereocenters. The number of benzene rings is 2. The number of carbonyl (C=O) groups is 1. The molecule has 3 rings (SSSR count). The van der Waals surface area contributed by atoms with Gasteiger partial charge in [-0.05, 0) is 70.0 Å². The van der Waals surface area contributed by atoms with Crippen molar-refractivity contribution in [2.75, 3.05) is 19.0 Å². The number of methoxy groups -OCH3 is 1. The highest BCUT2D eigenvalue weighted by molar-refractivity contribution is 5.95. The summed E-state index contributed by atoms with van der Waals surface area (Å²) in [7, 11) is 1.61. The van der Waals surface area contributed by atoms with Gasteiger partial charge in [-0.3, -0.25) is 9.59 Å². The van der Waals surface area contributed by atoms with Crippen LogP contribution in [0.1, 0.15) is 29.3 Å². The molecular weight excluding hydrogens is 432 g/mol. The van der Waals surface area contributed by atoms with Gasteiger partial charge in [-0.25, -0.2) is 0 Å². The first kappa shape index (κ1) is 24.9. The number of ether oxygens (including phenoxy) is 3. The second kappa shape index (κ2) is 10.9. The van der Waals surface area contributed by atoms with E-state index >= 15 is 0 Å². The minimum atomic E-state index is -0.849. The van der Waals surface area contributed by atoms with Crippen LogP contribution in [0.4, 0.5) is 5.69 Å². The lowest BCUT2D eigenvalue weighted by molar-refractivity contribution is -0.122. The fourth-order valence-electron chi connectivity index (χ4n) is 3.81. The average Bonchev–Trinajstić information content (AvgIpc) is 2.80. The highest BCUT2D eigenvalue weighted by atomic mass is 16.5. The Bertz CT molecular complexity index is 1190. The van der Waals surface area contributed by atoms with Crippen LogP contribution in [-0.2, 0) is 11.3 Å². The van der Waals surface area contributed by atoms with Gasteiger partial charge in [0.05, 0.1) is 19.3 Å². The van der Waals surface area contributed by atoms with E-state index in [0.717, 1.165) is 33.9 Å². The maximum atomic E-state index is 12.8. The SMILES string of the molecule is COc1ccc(OCCn2ccc(=O)c(OC(C)C(=O)Nc3c(C)cc(C)cc3C)c2C)cc1. The van der Waals surface area contributed by atoms with E-state index in [-0.39, 0.29) is 17.1 Å². The van der Waals surface area contributed by atoms with E-state index in [0.29, 0.717) is 18.8 Å². The largest absolute Gasteiger partial charge is 0.497 e. The number of nitrogens with zero attached hydrogens (tertiary/aromatic N) is 1. The van der Waals surface area contributed by atoms with Crippen molar-refractivity contribution in [3.8, 4) is 17.2 Å². The molecule has 1 atom stereocenters. The molecule has 1 N–H and O–H groups in total. The average molecular weight is 465 g/mol. The van der Waals surface area contributed by atoms with Crippen molar-refractivity contribution in [3.05, 3.63) is 81.3 Å². The molecule has 0 saturated carbocycles. The molecule has 180 valence electrons. The Morgan fingerprint density at radius 1 is 1.00 bits per heavy atom. The van der Waals surface area contributed by atoms with Crippen LogP contribution in [-0.4, -0.2) is 30.3 Å². The van der Waals surface area contributed by atoms with Crippen molar-refractivity contribution >= 4 is 11.6 Å². The van der Waals surface area contributed by atoms with Crippen LogP contribution in [0.25, 0.3) is 0 Å². The molecule has 7 nitrogen and oxygen atoms in total. The molecule has 0 saturated heterocycles. The molecule has 1 aromatic heterocycles. The van der Waals surface area contributed by atoms with Gasteiger partial charge < -0.3 is 24.1 Å². The smallest absolute Gasteiger partial charge is 0.265 e. The highest BCUT2D eigenvalue weighted by Gasteiger charge is 2.20. The standard InChI is InChI=1S/C27H32N2O5/c1-17-15-18(2)25(19(3)16-17)28-27(31)21(5)34-26-20(4)29(12-11-24(26)30)13-14-33-23-9-7-22(32-6)8-10-23/h7-12,15-16,21H,13-14H2,1-6H3,(H,28,31). The molecular formula is C27H32N2O5. The Kier molecular flexibility index (Phi) is 7.99. The van der Waals surface area contributed by atoms with E-state index in [1.54, 1.807) is 27.2 Å². The third-order valence-corrected chi connectivity index (χ3v) is 5.64. The van der Waals surface area contributed by atoms with Crippen LogP contribution in [0.3, 0.4) is 0 Å². The van der Waals surface area contributed by atoms with Gasteiger partial charge in [0.1, 0.15) is 18.1 Å². The first-order valence-electron chi connectivity index (χ1n) is 11.2. The molecule has 1 heterocycles. The summed E-state index contributed by atoms with van der Waals surface area (Å²) in [5.74, 6) is 1.33. The highest BCUT2D eigenvalue weighted by Crippen LogP contribution is 2.23. The molecule has 0 fully saturated rings. The number of amides is 1. The summed E-state index contributed by atoms with van der Waals surface area (Å²) in [4.78, 5) is 25.3. The van der Waals surface area contributed by atoms with Crippen LogP contribution < -0.4 is 25.0 Å². The number of carbonyl (C=O) groups excluding carboxylic acids is 1. The van der Waals surface area contributed by atoms with Crippen LogP contribution in [0.15, 0.2) is 53.5 Å². The zero-order valence-electron chi connectivity index (χ0n) is 20.6. The normalized spacial score (nSPS) is 11.6. The second-order valence-corrected chi connectivity index (χ2v) is 8.33. The lowest BCUT2D eigenvalue weighted by Crippen LogP contribution is -2.33. The number of rotatable bonds is 9. The number of nitrogens with one attached hydrogen (secondary N) is 1. The van der Waals surface area contributed by atoms with Gasteiger partial charge in [0.15, 0.2) is 11.9 Å². The third kappa shape index (κ3) is 5.98. The summed E-state index contributed by atoms with van der Waals surface area (Å²) in [5.41, 5.74) is 4.22. The molecule has 1 amide bonds. The molecule has 0 radical (unpaired) electrons. The number of anilines is 1. The number of aromatic nitrogens is 1. The summed E-state index contributed by atoms with van der Waals surface area (Å²) >= 11 is 0. The van der Waals surface area contributed by atoms with Crippen molar-refractivity contribution < 1.29 is 19.0 Å². The minimum absolute atomic E-state index is 0.159. The number of hydrogen-bond donors (Lipinski definition) is 1. The predicted octanol–water partition coefficient (Wildman–Crippen LogP) is 4.58. The van der Waals surface area contributed by atoms with Gasteiger partial charge in [0.25, 0.3) is 5.91 Å². The Morgan fingerprint density at radius 3 is 2.24 bits per heavy atom. The summed E-state index contributed by atoms with van der Waals surface area (Å²) in [5, 5.41) is 2.94. The van der Waals surface area contributed by atoms with Gasteiger partial charge >= 0.3 is 0 Å². The molecule has 2 aromatic carbocycles. The van der Waals surface area contributed by atoms with Gasteiger partial charge in [-0.1, -0.05) is 17.7 Å². The zero-order valence-corrected chi connectivity index (χ0v) is 20.6. The molecule has 3 aromatic rings. The van der Waals surface area contributed by atoms with Crippen LogP contribution in [0, 0.1) is 27.7 Å². The first-order chi connectivity index (χ1) is 16.2. The van der Waals surface area contributed by atoms with Crippen LogP contribution in [0.5, 0.6) is 17.2 Å². The van der Waals surface area contributed by atoms with Gasteiger partial charge in [0, 0.05) is 18.0 Å². The summed E-state index contributed by atoms with van der Waals surface area (Å²) in [6, 6.07) is 12.8. The van der Waals surface area contributed by atoms with E-state index < -0.39 is 6.10 Å². The summed E-state index contributed by atoms with van der Waals surface area (Å²) in [6.07, 6.45) is 0.851. The number of hydrogen-bond acceptors (Lipinski definition) is 5. The van der Waals surface area contributed by atoms with Gasteiger partial charge in [-0.2, -0.15) is 0 Å². The fourth-order valence-corrected chi connectivity index (χ4v) is 3.81. The van der Waals surface area contributed by atoms with Crippen LogP contribution in [0.2, 0.25) is 0 Å². The second-order valence-electron chi connectivity index (χ2n) is 8.33. The van der Waals surface area contributed by atoms with Crippen molar-refractivity contribution in [3.63, 3.8) is 0 Å². The molecule has 0 spiro atoms. The third-order valence-electron chi connectivity index (χ3n) is 5.64. The number of aryl methyl sites for hydroxylation is 3. The molecule has 34 heavy (non-hydrogen) atoms. The van der Waals surface area contributed by atoms with Crippen molar-refractivity contribution in [1.82, 2.24) is 4.57 Å². The fraction of sp³-hybridized carbons (Fsp3) is 0.333. The molecule has 0 aliphatic heterocycles. The van der Waals surface area contributed by atoms with Crippen molar-refractivity contribution in [2.24, 2.45) is 0 Å². The Morgan fingerprint density at radius 2 is 1.62 bits per heavy atom. The molecule has 0 aliphatic carbocycles. The lowest BCUT2D eigenvalue weighted by Gasteiger charge is -2.20. The predicted molar refractivity (Wildman–Crippen MR) is 133 cm³/mol. The molecule has 0 bridgehead atoms. The van der Waals surface area contributed by atoms with E-state index in [1.165, 1.54) is 6.07 Å². The topological polar surface area (TPSA) is 78.8 Å². The Balaban J connectivity index is 1.66. The van der Waals surface area contributed by atoms with E-state index in [2.05, 4.69) is 5.32 Å². The quantitative estimate of drug-likeness (QED) is 0.502. The maximum absolute atomic E-state index is 12.8. The summed E-state index contributed by atoms with van der Waals surface area (Å²) < 4.78 is 18.7. The maximum Gasteiger partial charge on any atom is 0.265 e. The first-order valence-corrected chi connectivity index (χ1v) is 11.2. The van der Waals surface area contributed by atoms with E-state index in [1.807, 2.05) is 61.7 Å².